The van der Waals surface area contributed by atoms with Gasteiger partial charge in [0.15, 0.2) is 0 Å². The van der Waals surface area contributed by atoms with E-state index in [2.05, 4.69) is 5.32 Å². The summed E-state index contributed by atoms with van der Waals surface area (Å²) in [5, 5.41) is 3.84. The lowest BCUT2D eigenvalue weighted by molar-refractivity contribution is -0.141. The van der Waals surface area contributed by atoms with Crippen molar-refractivity contribution in [3.05, 3.63) is 64.7 Å². The van der Waals surface area contributed by atoms with Gasteiger partial charge in [-0.25, -0.2) is 0 Å². The molecule has 5 nitrogen and oxygen atoms in total. The highest BCUT2D eigenvalue weighted by atomic mass is 35.5. The van der Waals surface area contributed by atoms with Crippen molar-refractivity contribution in [1.29, 1.82) is 0 Å². The zero-order valence-electron chi connectivity index (χ0n) is 19.0. The Morgan fingerprint density at radius 1 is 1.09 bits per heavy atom. The predicted octanol–water partition coefficient (Wildman–Crippen LogP) is 5.15. The summed E-state index contributed by atoms with van der Waals surface area (Å²) in [6, 6.07) is 14.6. The number of halogens is 1. The van der Waals surface area contributed by atoms with Gasteiger partial charge in [-0.1, -0.05) is 62.1 Å². The van der Waals surface area contributed by atoms with Crippen molar-refractivity contribution >= 4 is 23.4 Å². The van der Waals surface area contributed by atoms with Gasteiger partial charge in [0.05, 0.1) is 13.5 Å². The largest absolute Gasteiger partial charge is 0.497 e. The number of carbonyl (C=O) groups is 2. The molecule has 0 aliphatic heterocycles. The van der Waals surface area contributed by atoms with Crippen molar-refractivity contribution in [2.75, 3.05) is 7.11 Å². The fourth-order valence-electron chi connectivity index (χ4n) is 4.31. The zero-order chi connectivity index (χ0) is 22.9. The molecule has 1 saturated carbocycles. The molecule has 2 amide bonds. The summed E-state index contributed by atoms with van der Waals surface area (Å²) in [6.07, 6.45) is 6.30. The van der Waals surface area contributed by atoms with Crippen molar-refractivity contribution in [3.8, 4) is 5.75 Å². The minimum atomic E-state index is -0.525. The SMILES string of the molecule is CCC(C(=O)NC1CCCCC1)N(Cc1cccc(OC)c1)C(=O)Cc1ccc(Cl)cc1. The summed E-state index contributed by atoms with van der Waals surface area (Å²) >= 11 is 5.99. The molecule has 0 aromatic heterocycles. The number of carbonyl (C=O) groups excluding carboxylic acids is 2. The van der Waals surface area contributed by atoms with Crippen LogP contribution in [0.1, 0.15) is 56.6 Å². The van der Waals surface area contributed by atoms with E-state index in [1.807, 2.05) is 43.3 Å². The van der Waals surface area contributed by atoms with Gasteiger partial charge in [-0.05, 0) is 54.7 Å². The van der Waals surface area contributed by atoms with E-state index in [1.54, 1.807) is 24.1 Å². The molecule has 0 spiro atoms. The van der Waals surface area contributed by atoms with Gasteiger partial charge in [-0.2, -0.15) is 0 Å². The highest BCUT2D eigenvalue weighted by Gasteiger charge is 2.30. The maximum atomic E-state index is 13.4. The molecule has 3 rings (SSSR count). The van der Waals surface area contributed by atoms with E-state index in [4.69, 9.17) is 16.3 Å². The average molecular weight is 457 g/mol. The highest BCUT2D eigenvalue weighted by Crippen LogP contribution is 2.21. The third-order valence-corrected chi connectivity index (χ3v) is 6.35. The van der Waals surface area contributed by atoms with Crippen LogP contribution < -0.4 is 10.1 Å². The molecule has 1 atom stereocenters. The Morgan fingerprint density at radius 3 is 2.47 bits per heavy atom. The van der Waals surface area contributed by atoms with Gasteiger partial charge in [0, 0.05) is 17.6 Å². The van der Waals surface area contributed by atoms with Crippen LogP contribution in [-0.2, 0) is 22.6 Å². The molecule has 172 valence electrons. The summed E-state index contributed by atoms with van der Waals surface area (Å²) in [5.41, 5.74) is 1.80. The number of nitrogens with one attached hydrogen (secondary N) is 1. The van der Waals surface area contributed by atoms with E-state index >= 15 is 0 Å². The molecule has 1 aliphatic rings. The molecule has 1 fully saturated rings. The molecule has 0 heterocycles. The Bertz CT molecular complexity index is 894. The van der Waals surface area contributed by atoms with Crippen LogP contribution in [0.2, 0.25) is 5.02 Å². The molecular formula is C26H33ClN2O3. The monoisotopic (exact) mass is 456 g/mol. The van der Waals surface area contributed by atoms with Crippen molar-refractivity contribution in [1.82, 2.24) is 10.2 Å². The van der Waals surface area contributed by atoms with Crippen LogP contribution in [0.15, 0.2) is 48.5 Å². The second-order valence-electron chi connectivity index (χ2n) is 8.44. The molecule has 1 unspecified atom stereocenters. The van der Waals surface area contributed by atoms with Crippen molar-refractivity contribution in [3.63, 3.8) is 0 Å². The molecule has 1 aliphatic carbocycles. The molecule has 2 aromatic rings. The number of hydrogen-bond donors (Lipinski definition) is 1. The maximum absolute atomic E-state index is 13.4. The molecule has 6 heteroatoms. The number of nitrogens with zero attached hydrogens (tertiary/aromatic N) is 1. The fourth-order valence-corrected chi connectivity index (χ4v) is 4.44. The average Bonchev–Trinajstić information content (AvgIpc) is 2.81. The first-order valence-corrected chi connectivity index (χ1v) is 11.8. The molecule has 0 radical (unpaired) electrons. The van der Waals surface area contributed by atoms with Crippen LogP contribution in [0, 0.1) is 0 Å². The van der Waals surface area contributed by atoms with E-state index in [0.717, 1.165) is 42.6 Å². The van der Waals surface area contributed by atoms with Gasteiger partial charge in [0.25, 0.3) is 0 Å². The smallest absolute Gasteiger partial charge is 0.243 e. The first-order valence-electron chi connectivity index (χ1n) is 11.5. The predicted molar refractivity (Wildman–Crippen MR) is 128 cm³/mol. The quantitative estimate of drug-likeness (QED) is 0.567. The summed E-state index contributed by atoms with van der Waals surface area (Å²) in [6.45, 7) is 2.31. The van der Waals surface area contributed by atoms with Crippen LogP contribution in [-0.4, -0.2) is 35.9 Å². The normalized spacial score (nSPS) is 15.1. The first kappa shape index (κ1) is 24.1. The third kappa shape index (κ3) is 6.73. The Balaban J connectivity index is 1.81. The molecule has 1 N–H and O–H groups in total. The number of rotatable bonds is 9. The lowest BCUT2D eigenvalue weighted by Gasteiger charge is -2.33. The van der Waals surface area contributed by atoms with Gasteiger partial charge < -0.3 is 15.0 Å². The van der Waals surface area contributed by atoms with Crippen LogP contribution >= 0.6 is 11.6 Å². The molecule has 0 bridgehead atoms. The highest BCUT2D eigenvalue weighted by molar-refractivity contribution is 6.30. The standard InChI is InChI=1S/C26H33ClN2O3/c1-3-24(26(31)28-22-9-5-4-6-10-22)29(18-20-8-7-11-23(16-20)32-2)25(30)17-19-12-14-21(27)15-13-19/h7-8,11-16,22,24H,3-6,9-10,17-18H2,1-2H3,(H,28,31). The number of amides is 2. The van der Waals surface area contributed by atoms with Crippen LogP contribution in [0.4, 0.5) is 0 Å². The fraction of sp³-hybridized carbons (Fsp3) is 0.462. The van der Waals surface area contributed by atoms with Gasteiger partial charge in [0.2, 0.25) is 11.8 Å². The van der Waals surface area contributed by atoms with Crippen LogP contribution in [0.3, 0.4) is 0 Å². The third-order valence-electron chi connectivity index (χ3n) is 6.09. The lowest BCUT2D eigenvalue weighted by Crippen LogP contribution is -2.51. The van der Waals surface area contributed by atoms with E-state index in [9.17, 15) is 9.59 Å². The number of hydrogen-bond acceptors (Lipinski definition) is 3. The molecular weight excluding hydrogens is 424 g/mol. The van der Waals surface area contributed by atoms with Crippen LogP contribution in [0.5, 0.6) is 5.75 Å². The van der Waals surface area contributed by atoms with E-state index in [0.29, 0.717) is 18.0 Å². The Morgan fingerprint density at radius 2 is 1.81 bits per heavy atom. The minimum absolute atomic E-state index is 0.0632. The Labute approximate surface area is 196 Å². The number of ether oxygens (including phenoxy) is 1. The second-order valence-corrected chi connectivity index (χ2v) is 8.88. The summed E-state index contributed by atoms with van der Waals surface area (Å²) in [5.74, 6) is 0.583. The van der Waals surface area contributed by atoms with Gasteiger partial charge >= 0.3 is 0 Å². The van der Waals surface area contributed by atoms with Gasteiger partial charge in [0.1, 0.15) is 11.8 Å². The number of benzene rings is 2. The van der Waals surface area contributed by atoms with Crippen molar-refractivity contribution in [2.45, 2.75) is 70.5 Å². The summed E-state index contributed by atoms with van der Waals surface area (Å²) < 4.78 is 5.34. The van der Waals surface area contributed by atoms with E-state index in [1.165, 1.54) is 6.42 Å². The van der Waals surface area contributed by atoms with Gasteiger partial charge in [-0.15, -0.1) is 0 Å². The molecule has 0 saturated heterocycles. The maximum Gasteiger partial charge on any atom is 0.243 e. The Hall–Kier alpha value is -2.53. The molecule has 2 aromatic carbocycles. The second kappa shape index (κ2) is 11.9. The summed E-state index contributed by atoms with van der Waals surface area (Å²) in [7, 11) is 1.62. The first-order chi connectivity index (χ1) is 15.5. The van der Waals surface area contributed by atoms with Crippen molar-refractivity contribution < 1.29 is 14.3 Å². The summed E-state index contributed by atoms with van der Waals surface area (Å²) in [4.78, 5) is 28.4. The lowest BCUT2D eigenvalue weighted by atomic mass is 9.95. The minimum Gasteiger partial charge on any atom is -0.497 e. The number of methoxy groups -OCH3 is 1. The zero-order valence-corrected chi connectivity index (χ0v) is 19.7. The van der Waals surface area contributed by atoms with Gasteiger partial charge in [-0.3, -0.25) is 9.59 Å². The van der Waals surface area contributed by atoms with Crippen LogP contribution in [0.25, 0.3) is 0 Å². The van der Waals surface area contributed by atoms with E-state index in [-0.39, 0.29) is 24.3 Å². The van der Waals surface area contributed by atoms with E-state index < -0.39 is 6.04 Å². The topological polar surface area (TPSA) is 58.6 Å². The Kier molecular flexibility index (Phi) is 8.98. The molecule has 32 heavy (non-hydrogen) atoms. The van der Waals surface area contributed by atoms with Crippen molar-refractivity contribution in [2.24, 2.45) is 0 Å².